The van der Waals surface area contributed by atoms with Gasteiger partial charge in [-0.3, -0.25) is 9.59 Å². The second-order valence-corrected chi connectivity index (χ2v) is 6.53. The first-order chi connectivity index (χ1) is 11.9. The van der Waals surface area contributed by atoms with Crippen molar-refractivity contribution < 1.29 is 9.59 Å². The molecule has 10 heteroatoms. The first-order valence-corrected chi connectivity index (χ1v) is 8.74. The molecular weight excluding hydrogens is 346 g/mol. The highest BCUT2D eigenvalue weighted by atomic mass is 35.5. The molecule has 2 aliphatic rings. The summed E-state index contributed by atoms with van der Waals surface area (Å²) >= 11 is 6.10. The molecule has 0 atom stereocenters. The lowest BCUT2D eigenvalue weighted by molar-refractivity contribution is -0.129. The number of amides is 2. The Kier molecular flexibility index (Phi) is 5.22. The molecule has 0 aromatic carbocycles. The minimum absolute atomic E-state index is 0.0809. The minimum atomic E-state index is 0.0809. The molecule has 2 aliphatic heterocycles. The highest BCUT2D eigenvalue weighted by molar-refractivity contribution is 6.28. The maximum atomic E-state index is 11.4. The van der Waals surface area contributed by atoms with Crippen molar-refractivity contribution in [3.05, 3.63) is 5.28 Å². The van der Waals surface area contributed by atoms with Crippen molar-refractivity contribution in [2.45, 2.75) is 13.8 Å². The molecule has 1 aromatic heterocycles. The van der Waals surface area contributed by atoms with Crippen molar-refractivity contribution >= 4 is 35.3 Å². The van der Waals surface area contributed by atoms with Gasteiger partial charge in [0.15, 0.2) is 0 Å². The fourth-order valence-electron chi connectivity index (χ4n) is 3.06. The van der Waals surface area contributed by atoms with E-state index in [9.17, 15) is 9.59 Å². The fraction of sp³-hybridized carbons (Fsp3) is 0.667. The number of anilines is 2. The van der Waals surface area contributed by atoms with Crippen molar-refractivity contribution in [3.8, 4) is 0 Å². The van der Waals surface area contributed by atoms with Crippen molar-refractivity contribution in [2.24, 2.45) is 0 Å². The zero-order valence-corrected chi connectivity index (χ0v) is 15.2. The SMILES string of the molecule is CC(=O)N1CCN(c2nc(Cl)nc(N3CCN(C(C)=O)CC3)n2)CC1. The van der Waals surface area contributed by atoms with E-state index >= 15 is 0 Å². The van der Waals surface area contributed by atoms with Gasteiger partial charge in [-0.05, 0) is 11.6 Å². The molecule has 0 radical (unpaired) electrons. The third kappa shape index (κ3) is 4.09. The van der Waals surface area contributed by atoms with Gasteiger partial charge in [0, 0.05) is 66.2 Å². The maximum Gasteiger partial charge on any atom is 0.231 e. The summed E-state index contributed by atoms with van der Waals surface area (Å²) in [7, 11) is 0. The first kappa shape index (κ1) is 17.7. The normalized spacial score (nSPS) is 18.5. The molecule has 0 saturated carbocycles. The van der Waals surface area contributed by atoms with E-state index in [1.165, 1.54) is 0 Å². The van der Waals surface area contributed by atoms with Gasteiger partial charge >= 0.3 is 0 Å². The Hall–Kier alpha value is -2.16. The van der Waals surface area contributed by atoms with Crippen LogP contribution in [0.1, 0.15) is 13.8 Å². The van der Waals surface area contributed by atoms with Gasteiger partial charge in [0.2, 0.25) is 29.0 Å². The minimum Gasteiger partial charge on any atom is -0.339 e. The van der Waals surface area contributed by atoms with E-state index in [2.05, 4.69) is 15.0 Å². The zero-order chi connectivity index (χ0) is 18.0. The average molecular weight is 368 g/mol. The van der Waals surface area contributed by atoms with Crippen LogP contribution in [0, 0.1) is 0 Å². The van der Waals surface area contributed by atoms with Gasteiger partial charge in [-0.25, -0.2) is 0 Å². The lowest BCUT2D eigenvalue weighted by Gasteiger charge is -2.36. The number of rotatable bonds is 2. The summed E-state index contributed by atoms with van der Waals surface area (Å²) in [6.45, 7) is 8.39. The molecule has 2 fully saturated rings. The molecule has 3 heterocycles. The summed E-state index contributed by atoms with van der Waals surface area (Å²) in [5.74, 6) is 1.23. The van der Waals surface area contributed by atoms with Gasteiger partial charge in [0.25, 0.3) is 0 Å². The van der Waals surface area contributed by atoms with E-state index in [1.54, 1.807) is 23.6 Å². The predicted octanol–water partition coefficient (Wildman–Crippen LogP) is -0.138. The van der Waals surface area contributed by atoms with Gasteiger partial charge in [-0.1, -0.05) is 0 Å². The number of hydrogen-bond acceptors (Lipinski definition) is 7. The number of halogens is 1. The van der Waals surface area contributed by atoms with E-state index in [0.29, 0.717) is 64.3 Å². The quantitative estimate of drug-likeness (QED) is 0.719. The predicted molar refractivity (Wildman–Crippen MR) is 93.8 cm³/mol. The van der Waals surface area contributed by atoms with Crippen LogP contribution < -0.4 is 9.80 Å². The molecule has 2 amide bonds. The van der Waals surface area contributed by atoms with Crippen LogP contribution in [0.3, 0.4) is 0 Å². The van der Waals surface area contributed by atoms with Gasteiger partial charge in [-0.2, -0.15) is 15.0 Å². The fourth-order valence-corrected chi connectivity index (χ4v) is 3.21. The van der Waals surface area contributed by atoms with Crippen molar-refractivity contribution in [3.63, 3.8) is 0 Å². The van der Waals surface area contributed by atoms with E-state index in [0.717, 1.165) is 0 Å². The van der Waals surface area contributed by atoms with Crippen molar-refractivity contribution in [2.75, 3.05) is 62.2 Å². The molecule has 136 valence electrons. The zero-order valence-electron chi connectivity index (χ0n) is 14.5. The van der Waals surface area contributed by atoms with Crippen LogP contribution in [0.4, 0.5) is 11.9 Å². The first-order valence-electron chi connectivity index (χ1n) is 8.36. The number of hydrogen-bond donors (Lipinski definition) is 0. The van der Waals surface area contributed by atoms with Crippen molar-refractivity contribution in [1.82, 2.24) is 24.8 Å². The Morgan fingerprint density at radius 3 is 1.40 bits per heavy atom. The van der Waals surface area contributed by atoms with Gasteiger partial charge in [0.1, 0.15) is 0 Å². The summed E-state index contributed by atoms with van der Waals surface area (Å²) in [5, 5.41) is 0.156. The second-order valence-electron chi connectivity index (χ2n) is 6.19. The highest BCUT2D eigenvalue weighted by Crippen LogP contribution is 2.19. The van der Waals surface area contributed by atoms with E-state index in [1.807, 2.05) is 9.80 Å². The Balaban J connectivity index is 1.69. The molecule has 1 aromatic rings. The van der Waals surface area contributed by atoms with E-state index in [4.69, 9.17) is 11.6 Å². The number of aromatic nitrogens is 3. The molecule has 25 heavy (non-hydrogen) atoms. The van der Waals surface area contributed by atoms with Crippen molar-refractivity contribution in [1.29, 1.82) is 0 Å². The van der Waals surface area contributed by atoms with E-state index < -0.39 is 0 Å². The number of carbonyl (C=O) groups is 2. The molecule has 9 nitrogen and oxygen atoms in total. The second kappa shape index (κ2) is 7.38. The summed E-state index contributed by atoms with van der Waals surface area (Å²) in [4.78, 5) is 43.6. The molecule has 0 spiro atoms. The molecule has 0 bridgehead atoms. The van der Waals surface area contributed by atoms with Crippen LogP contribution in [0.15, 0.2) is 0 Å². The highest BCUT2D eigenvalue weighted by Gasteiger charge is 2.24. The summed E-state index contributed by atoms with van der Waals surface area (Å²) in [5.41, 5.74) is 0. The van der Waals surface area contributed by atoms with Gasteiger partial charge < -0.3 is 19.6 Å². The van der Waals surface area contributed by atoms with Crippen LogP contribution in [-0.4, -0.2) is 88.9 Å². The Labute approximate surface area is 151 Å². The molecule has 3 rings (SSSR count). The third-order valence-corrected chi connectivity index (χ3v) is 4.77. The number of nitrogens with zero attached hydrogens (tertiary/aromatic N) is 7. The number of carbonyl (C=O) groups excluding carboxylic acids is 2. The molecule has 0 aliphatic carbocycles. The standard InChI is InChI=1S/C15H22ClN7O2/c1-11(24)20-3-7-22(8-4-20)14-17-13(16)18-15(19-14)23-9-5-21(6-10-23)12(2)25/h3-10H2,1-2H3. The lowest BCUT2D eigenvalue weighted by atomic mass is 10.3. The Bertz CT molecular complexity index is 603. The third-order valence-electron chi connectivity index (χ3n) is 4.60. The summed E-state index contributed by atoms with van der Waals surface area (Å²) < 4.78 is 0. The summed E-state index contributed by atoms with van der Waals surface area (Å²) in [6.07, 6.45) is 0. The Morgan fingerprint density at radius 1 is 0.720 bits per heavy atom. The number of piperazine rings is 2. The van der Waals surface area contributed by atoms with Crippen LogP contribution in [0.5, 0.6) is 0 Å². The lowest BCUT2D eigenvalue weighted by Crippen LogP contribution is -2.49. The largest absolute Gasteiger partial charge is 0.339 e. The topological polar surface area (TPSA) is 85.8 Å². The van der Waals surface area contributed by atoms with Crippen LogP contribution in [0.2, 0.25) is 5.28 Å². The van der Waals surface area contributed by atoms with Crippen LogP contribution >= 0.6 is 11.6 Å². The van der Waals surface area contributed by atoms with E-state index in [-0.39, 0.29) is 17.1 Å². The maximum absolute atomic E-state index is 11.4. The smallest absolute Gasteiger partial charge is 0.231 e. The molecule has 0 unspecified atom stereocenters. The average Bonchev–Trinajstić information content (AvgIpc) is 2.61. The summed E-state index contributed by atoms with van der Waals surface area (Å²) in [6, 6.07) is 0. The molecular formula is C15H22ClN7O2. The molecule has 2 saturated heterocycles. The van der Waals surface area contributed by atoms with Gasteiger partial charge in [-0.15, -0.1) is 0 Å². The van der Waals surface area contributed by atoms with Crippen LogP contribution in [-0.2, 0) is 9.59 Å². The van der Waals surface area contributed by atoms with Crippen LogP contribution in [0.25, 0.3) is 0 Å². The Morgan fingerprint density at radius 2 is 1.08 bits per heavy atom. The monoisotopic (exact) mass is 367 g/mol. The molecule has 0 N–H and O–H groups in total. The van der Waals surface area contributed by atoms with Gasteiger partial charge in [0.05, 0.1) is 0 Å².